The molecule has 1 fully saturated rings. The smallest absolute Gasteiger partial charge is 0.230 e. The van der Waals surface area contributed by atoms with Gasteiger partial charge in [-0.25, -0.2) is 4.98 Å². The number of ether oxygens (including phenoxy) is 1. The van der Waals surface area contributed by atoms with Gasteiger partial charge in [-0.2, -0.15) is 0 Å². The summed E-state index contributed by atoms with van der Waals surface area (Å²) < 4.78 is 5.50. The van der Waals surface area contributed by atoms with Crippen molar-refractivity contribution < 1.29 is 9.53 Å². The molecule has 0 bridgehead atoms. The number of amides is 1. The zero-order valence-corrected chi connectivity index (χ0v) is 16.8. The number of halogens is 2. The molecule has 146 valence electrons. The van der Waals surface area contributed by atoms with Gasteiger partial charge in [-0.1, -0.05) is 41.4 Å². The van der Waals surface area contributed by atoms with Crippen LogP contribution in [0.15, 0.2) is 42.5 Å². The zero-order chi connectivity index (χ0) is 19.6. The van der Waals surface area contributed by atoms with E-state index < -0.39 is 5.41 Å². The van der Waals surface area contributed by atoms with Crippen molar-refractivity contribution in [2.24, 2.45) is 0 Å². The van der Waals surface area contributed by atoms with E-state index in [1.807, 2.05) is 30.3 Å². The number of imidazole rings is 1. The lowest BCUT2D eigenvalue weighted by Crippen LogP contribution is -2.48. The van der Waals surface area contributed by atoms with Crippen LogP contribution in [-0.4, -0.2) is 35.6 Å². The molecule has 1 aliphatic heterocycles. The average Bonchev–Trinajstić information content (AvgIpc) is 3.11. The summed E-state index contributed by atoms with van der Waals surface area (Å²) in [4.78, 5) is 21.1. The van der Waals surface area contributed by atoms with Gasteiger partial charge in [-0.05, 0) is 42.7 Å². The van der Waals surface area contributed by atoms with Gasteiger partial charge >= 0.3 is 0 Å². The van der Waals surface area contributed by atoms with E-state index in [2.05, 4.69) is 15.3 Å². The molecule has 0 radical (unpaired) electrons. The summed E-state index contributed by atoms with van der Waals surface area (Å²) in [6.07, 6.45) is 1.80. The Morgan fingerprint density at radius 1 is 1.18 bits per heavy atom. The van der Waals surface area contributed by atoms with Gasteiger partial charge < -0.3 is 15.0 Å². The Bertz CT molecular complexity index is 963. The topological polar surface area (TPSA) is 67.0 Å². The molecule has 0 atom stereocenters. The third kappa shape index (κ3) is 3.75. The fourth-order valence-electron chi connectivity index (χ4n) is 3.80. The van der Waals surface area contributed by atoms with Crippen LogP contribution in [0.2, 0.25) is 10.0 Å². The van der Waals surface area contributed by atoms with Crippen LogP contribution in [0.25, 0.3) is 11.0 Å². The zero-order valence-electron chi connectivity index (χ0n) is 15.3. The molecule has 1 amide bonds. The fraction of sp³-hybridized carbons (Fsp3) is 0.333. The van der Waals surface area contributed by atoms with E-state index in [4.69, 9.17) is 27.9 Å². The largest absolute Gasteiger partial charge is 0.381 e. The molecule has 0 aliphatic carbocycles. The number of carbonyl (C=O) groups is 1. The van der Waals surface area contributed by atoms with Crippen molar-refractivity contribution in [2.45, 2.75) is 24.7 Å². The predicted octanol–water partition coefficient (Wildman–Crippen LogP) is 4.28. The Balaban J connectivity index is 1.49. The van der Waals surface area contributed by atoms with Gasteiger partial charge in [0, 0.05) is 36.2 Å². The number of rotatable bonds is 5. The molecule has 2 heterocycles. The quantitative estimate of drug-likeness (QED) is 0.650. The number of hydrogen-bond donors (Lipinski definition) is 2. The summed E-state index contributed by atoms with van der Waals surface area (Å²) in [7, 11) is 0. The SMILES string of the molecule is O=C(NCCc1nc2ccccc2[nH]1)C1(c2ccc(Cl)cc2Cl)CCOCC1. The number of aromatic nitrogens is 2. The first-order valence-electron chi connectivity index (χ1n) is 9.34. The summed E-state index contributed by atoms with van der Waals surface area (Å²) in [6, 6.07) is 13.2. The van der Waals surface area contributed by atoms with E-state index in [1.54, 1.807) is 12.1 Å². The van der Waals surface area contributed by atoms with Gasteiger partial charge in [0.05, 0.1) is 16.4 Å². The van der Waals surface area contributed by atoms with Crippen LogP contribution in [0.5, 0.6) is 0 Å². The number of benzene rings is 2. The monoisotopic (exact) mass is 417 g/mol. The van der Waals surface area contributed by atoms with Gasteiger partial charge in [0.25, 0.3) is 0 Å². The van der Waals surface area contributed by atoms with E-state index in [1.165, 1.54) is 0 Å². The molecule has 0 unspecified atom stereocenters. The summed E-state index contributed by atoms with van der Waals surface area (Å²) in [5.74, 6) is 0.822. The molecule has 0 saturated carbocycles. The molecule has 28 heavy (non-hydrogen) atoms. The van der Waals surface area contributed by atoms with Gasteiger partial charge in [0.1, 0.15) is 5.82 Å². The van der Waals surface area contributed by atoms with Gasteiger partial charge in [-0.3, -0.25) is 4.79 Å². The summed E-state index contributed by atoms with van der Waals surface area (Å²) in [5, 5.41) is 4.15. The van der Waals surface area contributed by atoms with Crippen LogP contribution in [0.1, 0.15) is 24.2 Å². The molecular formula is C21H21Cl2N3O2. The minimum absolute atomic E-state index is 0.0314. The van der Waals surface area contributed by atoms with E-state index in [0.717, 1.165) is 22.4 Å². The van der Waals surface area contributed by atoms with Crippen LogP contribution < -0.4 is 5.32 Å². The van der Waals surface area contributed by atoms with E-state index >= 15 is 0 Å². The lowest BCUT2D eigenvalue weighted by molar-refractivity contribution is -0.130. The van der Waals surface area contributed by atoms with Crippen LogP contribution >= 0.6 is 23.2 Å². The normalized spacial score (nSPS) is 16.2. The molecule has 1 aromatic heterocycles. The number of nitrogens with one attached hydrogen (secondary N) is 2. The van der Waals surface area contributed by atoms with E-state index in [-0.39, 0.29) is 5.91 Å². The highest BCUT2D eigenvalue weighted by Crippen LogP contribution is 2.39. The van der Waals surface area contributed by atoms with Crippen molar-refractivity contribution in [1.82, 2.24) is 15.3 Å². The maximum atomic E-state index is 13.2. The maximum Gasteiger partial charge on any atom is 0.230 e. The van der Waals surface area contributed by atoms with E-state index in [0.29, 0.717) is 49.1 Å². The second kappa shape index (κ2) is 8.11. The molecule has 3 aromatic rings. The fourth-order valence-corrected chi connectivity index (χ4v) is 4.39. The van der Waals surface area contributed by atoms with Crippen molar-refractivity contribution in [3.05, 3.63) is 63.9 Å². The molecule has 4 rings (SSSR count). The van der Waals surface area contributed by atoms with Gasteiger partial charge in [0.15, 0.2) is 0 Å². The first-order valence-corrected chi connectivity index (χ1v) is 10.1. The average molecular weight is 418 g/mol. The van der Waals surface area contributed by atoms with Crippen LogP contribution in [0.4, 0.5) is 0 Å². The van der Waals surface area contributed by atoms with Crippen LogP contribution in [0.3, 0.4) is 0 Å². The Kier molecular flexibility index (Phi) is 5.58. The van der Waals surface area contributed by atoms with Crippen molar-refractivity contribution in [3.8, 4) is 0 Å². The second-order valence-electron chi connectivity index (χ2n) is 7.03. The number of aromatic amines is 1. The van der Waals surface area contributed by atoms with Crippen LogP contribution in [0, 0.1) is 0 Å². The minimum Gasteiger partial charge on any atom is -0.381 e. The third-order valence-electron chi connectivity index (χ3n) is 5.31. The lowest BCUT2D eigenvalue weighted by atomic mass is 9.73. The number of nitrogens with zero attached hydrogens (tertiary/aromatic N) is 1. The predicted molar refractivity (Wildman–Crippen MR) is 111 cm³/mol. The first-order chi connectivity index (χ1) is 13.6. The lowest BCUT2D eigenvalue weighted by Gasteiger charge is -2.36. The highest BCUT2D eigenvalue weighted by atomic mass is 35.5. The number of carbonyl (C=O) groups excluding carboxylic acids is 1. The Hall–Kier alpha value is -2.08. The molecular weight excluding hydrogens is 397 g/mol. The van der Waals surface area contributed by atoms with Gasteiger partial charge in [-0.15, -0.1) is 0 Å². The Morgan fingerprint density at radius 2 is 1.96 bits per heavy atom. The molecule has 2 aromatic carbocycles. The molecule has 7 heteroatoms. The summed E-state index contributed by atoms with van der Waals surface area (Å²) in [5.41, 5.74) is 2.03. The van der Waals surface area contributed by atoms with Crippen molar-refractivity contribution >= 4 is 40.1 Å². The molecule has 1 saturated heterocycles. The minimum atomic E-state index is -0.701. The molecule has 0 spiro atoms. The second-order valence-corrected chi connectivity index (χ2v) is 7.87. The van der Waals surface area contributed by atoms with Crippen molar-refractivity contribution in [2.75, 3.05) is 19.8 Å². The highest BCUT2D eigenvalue weighted by Gasteiger charge is 2.42. The van der Waals surface area contributed by atoms with Crippen molar-refractivity contribution in [1.29, 1.82) is 0 Å². The van der Waals surface area contributed by atoms with Crippen molar-refractivity contribution in [3.63, 3.8) is 0 Å². The highest BCUT2D eigenvalue weighted by molar-refractivity contribution is 6.35. The molecule has 2 N–H and O–H groups in total. The number of H-pyrrole nitrogens is 1. The third-order valence-corrected chi connectivity index (χ3v) is 5.86. The Morgan fingerprint density at radius 3 is 2.71 bits per heavy atom. The summed E-state index contributed by atoms with van der Waals surface area (Å²) in [6.45, 7) is 1.54. The van der Waals surface area contributed by atoms with Gasteiger partial charge in [0.2, 0.25) is 5.91 Å². The number of fused-ring (bicyclic) bond motifs is 1. The molecule has 5 nitrogen and oxygen atoms in total. The Labute approximate surface area is 173 Å². The van der Waals surface area contributed by atoms with Crippen LogP contribution in [-0.2, 0) is 21.4 Å². The number of para-hydroxylation sites is 2. The number of hydrogen-bond acceptors (Lipinski definition) is 3. The first kappa shape index (κ1) is 19.2. The summed E-state index contributed by atoms with van der Waals surface area (Å²) >= 11 is 12.5. The van der Waals surface area contributed by atoms with E-state index in [9.17, 15) is 4.79 Å². The molecule has 1 aliphatic rings. The standard InChI is InChI=1S/C21H21Cl2N3O2/c22-14-5-6-15(16(23)13-14)21(8-11-28-12-9-21)20(27)24-10-7-19-25-17-3-1-2-4-18(17)26-19/h1-6,13H,7-12H2,(H,24,27)(H,25,26). The maximum absolute atomic E-state index is 13.2.